The van der Waals surface area contributed by atoms with E-state index in [-0.39, 0.29) is 24.3 Å². The third-order valence-corrected chi connectivity index (χ3v) is 5.49. The standard InChI is InChI=1S/C21H21BrN4O3/c22-14-1-9-18(10-2-14)26-12-13(11-19(26)27)20(28)23-15-3-5-16(6-4-15)24-21(29)25-17-7-8-17/h1-6,9-10,13,17H,7-8,11-12H2,(H,23,28)(H2,24,25,29). The van der Waals surface area contributed by atoms with Crippen molar-refractivity contribution >= 4 is 50.8 Å². The van der Waals surface area contributed by atoms with Crippen LogP contribution in [0.4, 0.5) is 21.9 Å². The fraction of sp³-hybridized carbons (Fsp3) is 0.286. The minimum absolute atomic E-state index is 0.0614. The van der Waals surface area contributed by atoms with Gasteiger partial charge in [-0.1, -0.05) is 15.9 Å². The molecule has 1 aliphatic carbocycles. The zero-order chi connectivity index (χ0) is 20.4. The first-order valence-electron chi connectivity index (χ1n) is 9.52. The molecule has 2 aromatic carbocycles. The van der Waals surface area contributed by atoms with Crippen LogP contribution in [-0.4, -0.2) is 30.4 Å². The van der Waals surface area contributed by atoms with Crippen molar-refractivity contribution in [3.05, 3.63) is 53.0 Å². The van der Waals surface area contributed by atoms with E-state index in [1.54, 1.807) is 29.2 Å². The zero-order valence-electron chi connectivity index (χ0n) is 15.7. The van der Waals surface area contributed by atoms with E-state index in [4.69, 9.17) is 0 Å². The predicted molar refractivity (Wildman–Crippen MR) is 115 cm³/mol. The highest BCUT2D eigenvalue weighted by Gasteiger charge is 2.35. The molecular formula is C21H21BrN4O3. The molecule has 0 bridgehead atoms. The number of carbonyl (C=O) groups excluding carboxylic acids is 3. The Hall–Kier alpha value is -2.87. The van der Waals surface area contributed by atoms with Crippen molar-refractivity contribution in [2.75, 3.05) is 22.1 Å². The summed E-state index contributed by atoms with van der Waals surface area (Å²) < 4.78 is 0.935. The topological polar surface area (TPSA) is 90.5 Å². The smallest absolute Gasteiger partial charge is 0.319 e. The van der Waals surface area contributed by atoms with Crippen LogP contribution in [0.25, 0.3) is 0 Å². The first-order valence-corrected chi connectivity index (χ1v) is 10.3. The molecule has 8 heteroatoms. The van der Waals surface area contributed by atoms with Gasteiger partial charge in [-0.25, -0.2) is 4.79 Å². The SMILES string of the molecule is O=C(Nc1ccc(NC(=O)C2CC(=O)N(c3ccc(Br)cc3)C2)cc1)NC1CC1. The van der Waals surface area contributed by atoms with Crippen molar-refractivity contribution in [3.8, 4) is 0 Å². The lowest BCUT2D eigenvalue weighted by molar-refractivity contribution is -0.122. The normalized spacial score (nSPS) is 18.4. The number of carbonyl (C=O) groups is 3. The molecule has 2 fully saturated rings. The largest absolute Gasteiger partial charge is 0.335 e. The van der Waals surface area contributed by atoms with Crippen LogP contribution in [0.1, 0.15) is 19.3 Å². The fourth-order valence-corrected chi connectivity index (χ4v) is 3.48. The third-order valence-electron chi connectivity index (χ3n) is 4.96. The lowest BCUT2D eigenvalue weighted by Crippen LogP contribution is -2.30. The summed E-state index contributed by atoms with van der Waals surface area (Å²) in [5.74, 6) is -0.660. The van der Waals surface area contributed by atoms with Gasteiger partial charge in [0.05, 0.1) is 5.92 Å². The number of hydrogen-bond acceptors (Lipinski definition) is 3. The summed E-state index contributed by atoms with van der Waals surface area (Å²) in [6.45, 7) is 0.354. The number of amides is 4. The number of nitrogens with one attached hydrogen (secondary N) is 3. The summed E-state index contributed by atoms with van der Waals surface area (Å²) in [5.41, 5.74) is 2.06. The second kappa shape index (κ2) is 8.24. The van der Waals surface area contributed by atoms with Crippen molar-refractivity contribution in [1.82, 2.24) is 5.32 Å². The van der Waals surface area contributed by atoms with Crippen LogP contribution >= 0.6 is 15.9 Å². The lowest BCUT2D eigenvalue weighted by atomic mass is 10.1. The van der Waals surface area contributed by atoms with Gasteiger partial charge in [0.15, 0.2) is 0 Å². The van der Waals surface area contributed by atoms with Crippen molar-refractivity contribution in [3.63, 3.8) is 0 Å². The highest BCUT2D eigenvalue weighted by Crippen LogP contribution is 2.27. The first kappa shape index (κ1) is 19.4. The molecule has 1 atom stereocenters. The monoisotopic (exact) mass is 456 g/mol. The van der Waals surface area contributed by atoms with E-state index in [9.17, 15) is 14.4 Å². The summed E-state index contributed by atoms with van der Waals surface area (Å²) >= 11 is 3.38. The molecule has 0 spiro atoms. The Morgan fingerprint density at radius 1 is 0.931 bits per heavy atom. The van der Waals surface area contributed by atoms with E-state index >= 15 is 0 Å². The number of hydrogen-bond donors (Lipinski definition) is 3. The van der Waals surface area contributed by atoms with E-state index in [1.807, 2.05) is 24.3 Å². The molecule has 1 aliphatic heterocycles. The van der Waals surface area contributed by atoms with Crippen LogP contribution in [0.5, 0.6) is 0 Å². The van der Waals surface area contributed by atoms with Gasteiger partial charge in [0, 0.05) is 40.5 Å². The van der Waals surface area contributed by atoms with E-state index in [1.165, 1.54) is 0 Å². The highest BCUT2D eigenvalue weighted by atomic mass is 79.9. The molecule has 2 aliphatic rings. The average Bonchev–Trinajstić information content (AvgIpc) is 3.42. The minimum Gasteiger partial charge on any atom is -0.335 e. The summed E-state index contributed by atoms with van der Waals surface area (Å²) in [6.07, 6.45) is 2.24. The maximum Gasteiger partial charge on any atom is 0.319 e. The predicted octanol–water partition coefficient (Wildman–Crippen LogP) is 3.72. The lowest BCUT2D eigenvalue weighted by Gasteiger charge is -2.17. The van der Waals surface area contributed by atoms with Crippen molar-refractivity contribution in [2.45, 2.75) is 25.3 Å². The molecule has 1 unspecified atom stereocenters. The third kappa shape index (κ3) is 4.95. The summed E-state index contributed by atoms with van der Waals surface area (Å²) in [6, 6.07) is 14.4. The van der Waals surface area contributed by atoms with Gasteiger partial charge in [-0.3, -0.25) is 9.59 Å². The van der Waals surface area contributed by atoms with Gasteiger partial charge in [-0.05, 0) is 61.4 Å². The van der Waals surface area contributed by atoms with Crippen molar-refractivity contribution in [2.24, 2.45) is 5.92 Å². The molecule has 4 rings (SSSR count). The average molecular weight is 457 g/mol. The molecule has 29 heavy (non-hydrogen) atoms. The molecule has 1 saturated heterocycles. The van der Waals surface area contributed by atoms with E-state index in [0.717, 1.165) is 23.0 Å². The molecule has 0 aromatic heterocycles. The van der Waals surface area contributed by atoms with Gasteiger partial charge in [0.25, 0.3) is 0 Å². The minimum atomic E-state index is -0.409. The number of rotatable bonds is 5. The number of nitrogens with zero attached hydrogens (tertiary/aromatic N) is 1. The molecular weight excluding hydrogens is 436 g/mol. The quantitative estimate of drug-likeness (QED) is 0.639. The van der Waals surface area contributed by atoms with Crippen LogP contribution in [0.3, 0.4) is 0 Å². The van der Waals surface area contributed by atoms with Crippen LogP contribution in [0.15, 0.2) is 53.0 Å². The van der Waals surface area contributed by atoms with Crippen LogP contribution in [-0.2, 0) is 9.59 Å². The zero-order valence-corrected chi connectivity index (χ0v) is 17.2. The summed E-state index contributed by atoms with van der Waals surface area (Å²) in [4.78, 5) is 38.4. The summed E-state index contributed by atoms with van der Waals surface area (Å²) in [7, 11) is 0. The Kier molecular flexibility index (Phi) is 5.53. The Morgan fingerprint density at radius 2 is 1.55 bits per heavy atom. The van der Waals surface area contributed by atoms with Crippen LogP contribution in [0, 0.1) is 5.92 Å². The molecule has 0 radical (unpaired) electrons. The Bertz CT molecular complexity index is 926. The van der Waals surface area contributed by atoms with Gasteiger partial charge < -0.3 is 20.9 Å². The van der Waals surface area contributed by atoms with Gasteiger partial charge in [-0.15, -0.1) is 0 Å². The second-order valence-electron chi connectivity index (χ2n) is 7.32. The molecule has 1 heterocycles. The molecule has 2 aromatic rings. The van der Waals surface area contributed by atoms with E-state index in [2.05, 4.69) is 31.9 Å². The molecule has 7 nitrogen and oxygen atoms in total. The second-order valence-corrected chi connectivity index (χ2v) is 8.24. The van der Waals surface area contributed by atoms with Crippen LogP contribution < -0.4 is 20.9 Å². The number of benzene rings is 2. The number of urea groups is 1. The van der Waals surface area contributed by atoms with E-state index < -0.39 is 5.92 Å². The van der Waals surface area contributed by atoms with Crippen molar-refractivity contribution < 1.29 is 14.4 Å². The van der Waals surface area contributed by atoms with Crippen molar-refractivity contribution in [1.29, 1.82) is 0 Å². The number of halogens is 1. The molecule has 150 valence electrons. The van der Waals surface area contributed by atoms with Gasteiger partial charge in [-0.2, -0.15) is 0 Å². The maximum atomic E-state index is 12.6. The summed E-state index contributed by atoms with van der Waals surface area (Å²) in [5, 5.41) is 8.47. The highest BCUT2D eigenvalue weighted by molar-refractivity contribution is 9.10. The first-order chi connectivity index (χ1) is 14.0. The molecule has 1 saturated carbocycles. The van der Waals surface area contributed by atoms with Crippen LogP contribution in [0.2, 0.25) is 0 Å². The Balaban J connectivity index is 1.32. The van der Waals surface area contributed by atoms with Gasteiger partial charge in [0.2, 0.25) is 11.8 Å². The fourth-order valence-electron chi connectivity index (χ4n) is 3.22. The van der Waals surface area contributed by atoms with Gasteiger partial charge >= 0.3 is 6.03 Å². The molecule has 3 N–H and O–H groups in total. The van der Waals surface area contributed by atoms with Gasteiger partial charge in [0.1, 0.15) is 0 Å². The Morgan fingerprint density at radius 3 is 2.17 bits per heavy atom. The van der Waals surface area contributed by atoms with E-state index in [0.29, 0.717) is 24.0 Å². The Labute approximate surface area is 177 Å². The number of anilines is 3. The maximum absolute atomic E-state index is 12.6. The molecule has 4 amide bonds.